The molecule has 2 atom stereocenters. The molecule has 0 amide bonds. The average Bonchev–Trinajstić information content (AvgIpc) is 2.83. The van der Waals surface area contributed by atoms with Gasteiger partial charge in [0.1, 0.15) is 17.3 Å². The summed E-state index contributed by atoms with van der Waals surface area (Å²) in [5.74, 6) is 2.27. The molecular formula is C25H24N2O3S. The summed E-state index contributed by atoms with van der Waals surface area (Å²) >= 11 is -1.27. The summed E-state index contributed by atoms with van der Waals surface area (Å²) in [5, 5.41) is 4.22. The van der Waals surface area contributed by atoms with E-state index in [1.165, 1.54) is 0 Å². The van der Waals surface area contributed by atoms with Gasteiger partial charge in [-0.2, -0.15) is 0 Å². The van der Waals surface area contributed by atoms with Gasteiger partial charge in [-0.3, -0.25) is 0 Å². The van der Waals surface area contributed by atoms with E-state index in [0.717, 1.165) is 32.9 Å². The van der Waals surface area contributed by atoms with Crippen LogP contribution in [0.3, 0.4) is 0 Å². The van der Waals surface area contributed by atoms with Crippen LogP contribution in [0.5, 0.6) is 11.5 Å². The highest BCUT2D eigenvalue weighted by atomic mass is 32.2. The Labute approximate surface area is 185 Å². The third-order valence-electron chi connectivity index (χ3n) is 4.91. The second-order valence-corrected chi connectivity index (χ2v) is 8.71. The number of anilines is 1. The van der Waals surface area contributed by atoms with Gasteiger partial charge in [-0.25, -0.2) is 4.98 Å². The third-order valence-corrected chi connectivity index (χ3v) is 6.35. The summed E-state index contributed by atoms with van der Waals surface area (Å²) in [6.07, 6.45) is 0. The molecule has 4 rings (SSSR count). The summed E-state index contributed by atoms with van der Waals surface area (Å²) in [5.41, 5.74) is 1.37. The summed E-state index contributed by atoms with van der Waals surface area (Å²) in [6.45, 7) is 2.42. The molecule has 2 unspecified atom stereocenters. The Balaban J connectivity index is 1.50. The Hall–Kier alpha value is -3.22. The highest BCUT2D eigenvalue weighted by Gasteiger charge is 2.22. The molecule has 0 saturated carbocycles. The Morgan fingerprint density at radius 2 is 1.65 bits per heavy atom. The Morgan fingerprint density at radius 3 is 2.45 bits per heavy atom. The monoisotopic (exact) mass is 432 g/mol. The fraction of sp³-hybridized carbons (Fsp3) is 0.160. The van der Waals surface area contributed by atoms with Gasteiger partial charge >= 0.3 is 0 Å². The Bertz CT molecular complexity index is 1150. The molecule has 0 radical (unpaired) electrons. The number of nitrogens with one attached hydrogen (secondary N) is 1. The van der Waals surface area contributed by atoms with E-state index in [9.17, 15) is 4.55 Å². The summed E-state index contributed by atoms with van der Waals surface area (Å²) < 4.78 is 24.2. The first-order valence-electron chi connectivity index (χ1n) is 10.0. The Kier molecular flexibility index (Phi) is 6.60. The molecule has 31 heavy (non-hydrogen) atoms. The quantitative estimate of drug-likeness (QED) is 0.378. The number of methoxy groups -OCH3 is 1. The maximum atomic E-state index is 12.8. The van der Waals surface area contributed by atoms with Crippen LogP contribution in [0.15, 0.2) is 89.8 Å². The van der Waals surface area contributed by atoms with Crippen molar-refractivity contribution in [3.8, 4) is 11.5 Å². The van der Waals surface area contributed by atoms with Crippen molar-refractivity contribution in [3.05, 3.63) is 90.5 Å². The number of rotatable bonds is 8. The van der Waals surface area contributed by atoms with Crippen LogP contribution in [0.2, 0.25) is 0 Å². The van der Waals surface area contributed by atoms with Crippen LogP contribution in [-0.2, 0) is 17.7 Å². The van der Waals surface area contributed by atoms with E-state index in [4.69, 9.17) is 14.5 Å². The molecule has 6 heteroatoms. The fourth-order valence-electron chi connectivity index (χ4n) is 3.33. The molecule has 3 aromatic carbocycles. The van der Waals surface area contributed by atoms with Crippen LogP contribution in [0.25, 0.3) is 10.9 Å². The highest BCUT2D eigenvalue weighted by molar-refractivity contribution is 7.91. The molecule has 5 nitrogen and oxygen atoms in total. The molecule has 1 heterocycles. The predicted molar refractivity (Wildman–Crippen MR) is 125 cm³/mol. The maximum absolute atomic E-state index is 12.8. The van der Waals surface area contributed by atoms with Crippen molar-refractivity contribution in [2.45, 2.75) is 23.8 Å². The molecule has 4 aromatic rings. The van der Waals surface area contributed by atoms with Crippen molar-refractivity contribution < 1.29 is 14.0 Å². The van der Waals surface area contributed by atoms with Crippen LogP contribution >= 0.6 is 0 Å². The van der Waals surface area contributed by atoms with Crippen LogP contribution < -0.4 is 14.8 Å². The number of para-hydroxylation sites is 1. The number of pyridine rings is 1. The molecule has 0 saturated heterocycles. The van der Waals surface area contributed by atoms with Crippen LogP contribution in [0, 0.1) is 0 Å². The smallest absolute Gasteiger partial charge is 0.256 e. The molecule has 0 aliphatic rings. The van der Waals surface area contributed by atoms with E-state index in [0.29, 0.717) is 12.3 Å². The highest BCUT2D eigenvalue weighted by Crippen LogP contribution is 2.29. The van der Waals surface area contributed by atoms with E-state index in [1.54, 1.807) is 7.11 Å². The molecule has 1 N–H and O–H groups in total. The number of hydrogen-bond donors (Lipinski definition) is 1. The SMILES string of the molecule is COc1ccccc1CNc1ccc2c(OC(C)[S+]([O-])c3ccccc3)cccc2n1. The minimum Gasteiger partial charge on any atom is -0.609 e. The van der Waals surface area contributed by atoms with Crippen molar-refractivity contribution in [3.63, 3.8) is 0 Å². The first-order valence-corrected chi connectivity index (χ1v) is 11.2. The number of nitrogens with zero attached hydrogens (tertiary/aromatic N) is 1. The zero-order valence-electron chi connectivity index (χ0n) is 17.4. The van der Waals surface area contributed by atoms with Gasteiger partial charge in [0.05, 0.1) is 12.6 Å². The molecular weight excluding hydrogens is 408 g/mol. The zero-order chi connectivity index (χ0) is 21.6. The standard InChI is InChI=1S/C25H24N2O3S/c1-18(31(28)20-10-4-3-5-11-20)30-24-14-8-12-22-21(24)15-16-25(27-22)26-17-19-9-6-7-13-23(19)29-2/h3-16,18H,17H2,1-2H3,(H,26,27). The van der Waals surface area contributed by atoms with Crippen molar-refractivity contribution >= 4 is 27.9 Å². The first kappa shape index (κ1) is 21.0. The van der Waals surface area contributed by atoms with E-state index in [2.05, 4.69) is 5.32 Å². The summed E-state index contributed by atoms with van der Waals surface area (Å²) in [7, 11) is 1.67. The van der Waals surface area contributed by atoms with Gasteiger partial charge in [-0.1, -0.05) is 42.5 Å². The second-order valence-electron chi connectivity index (χ2n) is 6.98. The lowest BCUT2D eigenvalue weighted by molar-refractivity contribution is 0.295. The normalized spacial score (nSPS) is 12.9. The van der Waals surface area contributed by atoms with Crippen LogP contribution in [0.4, 0.5) is 5.82 Å². The van der Waals surface area contributed by atoms with Crippen LogP contribution in [0.1, 0.15) is 12.5 Å². The molecule has 0 aliphatic carbocycles. The number of aromatic nitrogens is 1. The van der Waals surface area contributed by atoms with Gasteiger partial charge in [-0.15, -0.1) is 0 Å². The van der Waals surface area contributed by atoms with E-state index < -0.39 is 16.6 Å². The fourth-order valence-corrected chi connectivity index (χ4v) is 4.33. The number of ether oxygens (including phenoxy) is 2. The molecule has 0 spiro atoms. The van der Waals surface area contributed by atoms with Crippen molar-refractivity contribution in [2.24, 2.45) is 0 Å². The lowest BCUT2D eigenvalue weighted by atomic mass is 10.2. The van der Waals surface area contributed by atoms with Gasteiger partial charge in [-0.05, 0) is 42.5 Å². The minimum absolute atomic E-state index is 0.489. The molecule has 0 aliphatic heterocycles. The topological polar surface area (TPSA) is 66.4 Å². The lowest BCUT2D eigenvalue weighted by Gasteiger charge is -2.19. The molecule has 158 valence electrons. The Morgan fingerprint density at radius 1 is 0.903 bits per heavy atom. The van der Waals surface area contributed by atoms with Crippen molar-refractivity contribution in [2.75, 3.05) is 12.4 Å². The van der Waals surface area contributed by atoms with E-state index in [1.807, 2.05) is 91.9 Å². The second kappa shape index (κ2) is 9.73. The largest absolute Gasteiger partial charge is 0.609 e. The van der Waals surface area contributed by atoms with E-state index in [-0.39, 0.29) is 0 Å². The summed E-state index contributed by atoms with van der Waals surface area (Å²) in [4.78, 5) is 5.46. The third kappa shape index (κ3) is 4.93. The predicted octanol–water partition coefficient (Wildman–Crippen LogP) is 5.39. The van der Waals surface area contributed by atoms with Crippen LogP contribution in [-0.4, -0.2) is 22.1 Å². The van der Waals surface area contributed by atoms with Gasteiger partial charge in [0, 0.05) is 35.6 Å². The van der Waals surface area contributed by atoms with Gasteiger partial charge in [0.25, 0.3) is 5.44 Å². The number of benzene rings is 3. The van der Waals surface area contributed by atoms with Crippen molar-refractivity contribution in [1.29, 1.82) is 0 Å². The van der Waals surface area contributed by atoms with Crippen molar-refractivity contribution in [1.82, 2.24) is 4.98 Å². The average molecular weight is 433 g/mol. The number of fused-ring (bicyclic) bond motifs is 1. The van der Waals surface area contributed by atoms with Gasteiger partial charge in [0.15, 0.2) is 4.90 Å². The zero-order valence-corrected chi connectivity index (χ0v) is 18.3. The number of hydrogen-bond acceptors (Lipinski definition) is 5. The molecule has 0 fully saturated rings. The first-order chi connectivity index (χ1) is 15.2. The summed E-state index contributed by atoms with van der Waals surface area (Å²) in [6, 6.07) is 26.9. The van der Waals surface area contributed by atoms with E-state index >= 15 is 0 Å². The molecule has 1 aromatic heterocycles. The lowest BCUT2D eigenvalue weighted by Crippen LogP contribution is -2.24. The van der Waals surface area contributed by atoms with Gasteiger partial charge < -0.3 is 19.3 Å². The molecule has 0 bridgehead atoms. The van der Waals surface area contributed by atoms with Gasteiger partial charge in [0.2, 0.25) is 0 Å². The maximum Gasteiger partial charge on any atom is 0.256 e. The minimum atomic E-state index is -1.27.